The van der Waals surface area contributed by atoms with E-state index in [2.05, 4.69) is 26.0 Å². The average Bonchev–Trinajstić information content (AvgIpc) is 2.45. The van der Waals surface area contributed by atoms with E-state index in [9.17, 15) is 0 Å². The summed E-state index contributed by atoms with van der Waals surface area (Å²) in [5, 5.41) is 0. The molecule has 0 saturated carbocycles. The standard InChI is InChI=1S/C11H14/c1-8-6-7-10-4-3-5-11(10)9(8)2/h6-7H,3-5H2,1-2H3. The third-order valence-corrected chi connectivity index (χ3v) is 2.84. The van der Waals surface area contributed by atoms with Crippen molar-refractivity contribution in [3.05, 3.63) is 34.4 Å². The molecule has 0 heteroatoms. The molecule has 1 aliphatic rings. The molecule has 1 aromatic rings. The zero-order valence-electron chi connectivity index (χ0n) is 7.28. The fourth-order valence-corrected chi connectivity index (χ4v) is 1.97. The van der Waals surface area contributed by atoms with Crippen LogP contribution in [0.1, 0.15) is 28.7 Å². The van der Waals surface area contributed by atoms with Crippen LogP contribution in [0, 0.1) is 13.8 Å². The Morgan fingerprint density at radius 3 is 2.73 bits per heavy atom. The van der Waals surface area contributed by atoms with E-state index in [1.165, 1.54) is 30.4 Å². The molecule has 0 heterocycles. The first-order valence-corrected chi connectivity index (χ1v) is 4.37. The maximum Gasteiger partial charge on any atom is -0.0270 e. The van der Waals surface area contributed by atoms with Crippen LogP contribution in [0.2, 0.25) is 0 Å². The van der Waals surface area contributed by atoms with Crippen LogP contribution in [0.3, 0.4) is 0 Å². The minimum atomic E-state index is 1.30. The molecular weight excluding hydrogens is 132 g/mol. The highest BCUT2D eigenvalue weighted by molar-refractivity contribution is 5.42. The molecule has 0 amide bonds. The van der Waals surface area contributed by atoms with Gasteiger partial charge in [-0.1, -0.05) is 12.1 Å². The number of rotatable bonds is 0. The van der Waals surface area contributed by atoms with E-state index in [0.29, 0.717) is 0 Å². The molecule has 0 unspecified atom stereocenters. The van der Waals surface area contributed by atoms with Gasteiger partial charge < -0.3 is 0 Å². The normalized spacial score (nSPS) is 15.1. The van der Waals surface area contributed by atoms with Gasteiger partial charge in [-0.05, 0) is 55.4 Å². The van der Waals surface area contributed by atoms with Crippen LogP contribution in [0.25, 0.3) is 0 Å². The van der Waals surface area contributed by atoms with Gasteiger partial charge in [0.1, 0.15) is 0 Å². The molecule has 0 nitrogen and oxygen atoms in total. The van der Waals surface area contributed by atoms with E-state index in [1.54, 1.807) is 11.1 Å². The summed E-state index contributed by atoms with van der Waals surface area (Å²) in [7, 11) is 0. The van der Waals surface area contributed by atoms with Crippen LogP contribution in [-0.2, 0) is 12.8 Å². The van der Waals surface area contributed by atoms with Crippen molar-refractivity contribution in [3.8, 4) is 0 Å². The van der Waals surface area contributed by atoms with Gasteiger partial charge >= 0.3 is 0 Å². The largest absolute Gasteiger partial charge is 0.0588 e. The molecule has 0 spiro atoms. The predicted molar refractivity (Wildman–Crippen MR) is 47.9 cm³/mol. The summed E-state index contributed by atoms with van der Waals surface area (Å²) in [5.74, 6) is 0. The number of benzene rings is 1. The van der Waals surface area contributed by atoms with Crippen molar-refractivity contribution in [2.75, 3.05) is 0 Å². The first kappa shape index (κ1) is 6.90. The summed E-state index contributed by atoms with van der Waals surface area (Å²) in [6.45, 7) is 4.45. The molecule has 0 aliphatic heterocycles. The van der Waals surface area contributed by atoms with E-state index in [4.69, 9.17) is 0 Å². The first-order chi connectivity index (χ1) is 5.29. The fraction of sp³-hybridized carbons (Fsp3) is 0.455. The van der Waals surface area contributed by atoms with Crippen molar-refractivity contribution in [2.45, 2.75) is 33.1 Å². The Bertz CT molecular complexity index is 284. The first-order valence-electron chi connectivity index (χ1n) is 4.37. The monoisotopic (exact) mass is 146 g/mol. The fourth-order valence-electron chi connectivity index (χ4n) is 1.97. The summed E-state index contributed by atoms with van der Waals surface area (Å²) in [6.07, 6.45) is 3.97. The van der Waals surface area contributed by atoms with Crippen LogP contribution < -0.4 is 0 Å². The van der Waals surface area contributed by atoms with Crippen LogP contribution in [0.5, 0.6) is 0 Å². The molecule has 1 aliphatic carbocycles. The van der Waals surface area contributed by atoms with Gasteiger partial charge in [-0.2, -0.15) is 0 Å². The highest BCUT2D eigenvalue weighted by Crippen LogP contribution is 2.26. The van der Waals surface area contributed by atoms with Crippen LogP contribution in [0.15, 0.2) is 12.1 Å². The molecule has 58 valence electrons. The number of fused-ring (bicyclic) bond motifs is 1. The Hall–Kier alpha value is -0.780. The molecule has 2 rings (SSSR count). The summed E-state index contributed by atoms with van der Waals surface area (Å²) in [5.41, 5.74) is 6.20. The van der Waals surface area contributed by atoms with Gasteiger partial charge in [-0.25, -0.2) is 0 Å². The van der Waals surface area contributed by atoms with Crippen LogP contribution >= 0.6 is 0 Å². The molecule has 11 heavy (non-hydrogen) atoms. The summed E-state index contributed by atoms with van der Waals surface area (Å²) >= 11 is 0. The third kappa shape index (κ3) is 0.973. The second-order valence-corrected chi connectivity index (χ2v) is 3.50. The topological polar surface area (TPSA) is 0 Å². The summed E-state index contributed by atoms with van der Waals surface area (Å²) in [4.78, 5) is 0. The van der Waals surface area contributed by atoms with Gasteiger partial charge in [0.15, 0.2) is 0 Å². The van der Waals surface area contributed by atoms with E-state index in [0.717, 1.165) is 0 Å². The zero-order valence-corrected chi connectivity index (χ0v) is 7.28. The van der Waals surface area contributed by atoms with Gasteiger partial charge in [0.2, 0.25) is 0 Å². The molecule has 0 saturated heterocycles. The van der Waals surface area contributed by atoms with Crippen molar-refractivity contribution < 1.29 is 0 Å². The van der Waals surface area contributed by atoms with Crippen molar-refractivity contribution in [2.24, 2.45) is 0 Å². The second kappa shape index (κ2) is 2.37. The lowest BCUT2D eigenvalue weighted by Crippen LogP contribution is -1.90. The summed E-state index contributed by atoms with van der Waals surface area (Å²) in [6, 6.07) is 4.55. The molecule has 0 radical (unpaired) electrons. The Kier molecular flexibility index (Phi) is 1.49. The smallest absolute Gasteiger partial charge is 0.0270 e. The molecule has 1 aromatic carbocycles. The highest BCUT2D eigenvalue weighted by Gasteiger charge is 2.12. The van der Waals surface area contributed by atoms with Gasteiger partial charge in [0, 0.05) is 0 Å². The molecule has 0 fully saturated rings. The average molecular weight is 146 g/mol. The van der Waals surface area contributed by atoms with Gasteiger partial charge in [-0.15, -0.1) is 0 Å². The minimum absolute atomic E-state index is 1.30. The number of aryl methyl sites for hydroxylation is 2. The van der Waals surface area contributed by atoms with Crippen molar-refractivity contribution >= 4 is 0 Å². The number of hydrogen-bond donors (Lipinski definition) is 0. The molecule has 0 N–H and O–H groups in total. The van der Waals surface area contributed by atoms with Crippen molar-refractivity contribution in [1.82, 2.24) is 0 Å². The minimum Gasteiger partial charge on any atom is -0.0588 e. The maximum atomic E-state index is 2.30. The maximum absolute atomic E-state index is 2.30. The number of hydrogen-bond acceptors (Lipinski definition) is 0. The van der Waals surface area contributed by atoms with Crippen LogP contribution in [0.4, 0.5) is 0 Å². The lowest BCUT2D eigenvalue weighted by Gasteiger charge is -2.06. The molecule has 0 bridgehead atoms. The SMILES string of the molecule is Cc1ccc2c(c1C)CCC2. The molecule has 0 aromatic heterocycles. The van der Waals surface area contributed by atoms with Gasteiger partial charge in [0.05, 0.1) is 0 Å². The highest BCUT2D eigenvalue weighted by atomic mass is 14.2. The van der Waals surface area contributed by atoms with Crippen molar-refractivity contribution in [3.63, 3.8) is 0 Å². The quantitative estimate of drug-likeness (QED) is 0.528. The molecular formula is C11H14. The lowest BCUT2D eigenvalue weighted by atomic mass is 10.00. The Morgan fingerprint density at radius 1 is 1.09 bits per heavy atom. The van der Waals surface area contributed by atoms with Crippen LogP contribution in [-0.4, -0.2) is 0 Å². The Morgan fingerprint density at radius 2 is 1.91 bits per heavy atom. The Labute approximate surface area is 68.3 Å². The van der Waals surface area contributed by atoms with E-state index in [1.807, 2.05) is 0 Å². The zero-order chi connectivity index (χ0) is 7.84. The van der Waals surface area contributed by atoms with E-state index >= 15 is 0 Å². The second-order valence-electron chi connectivity index (χ2n) is 3.50. The van der Waals surface area contributed by atoms with Crippen molar-refractivity contribution in [1.29, 1.82) is 0 Å². The van der Waals surface area contributed by atoms with E-state index < -0.39 is 0 Å². The van der Waals surface area contributed by atoms with Gasteiger partial charge in [0.25, 0.3) is 0 Å². The molecule has 0 atom stereocenters. The Balaban J connectivity index is 2.62. The lowest BCUT2D eigenvalue weighted by molar-refractivity contribution is 0.909. The van der Waals surface area contributed by atoms with Gasteiger partial charge in [-0.3, -0.25) is 0 Å². The predicted octanol–water partition coefficient (Wildman–Crippen LogP) is 2.79. The third-order valence-electron chi connectivity index (χ3n) is 2.84. The summed E-state index contributed by atoms with van der Waals surface area (Å²) < 4.78 is 0. The van der Waals surface area contributed by atoms with E-state index in [-0.39, 0.29) is 0 Å².